The van der Waals surface area contributed by atoms with E-state index in [9.17, 15) is 9.59 Å². The van der Waals surface area contributed by atoms with E-state index in [-0.39, 0.29) is 36.3 Å². The molecular formula is C22H25Cl2N5O2S. The van der Waals surface area contributed by atoms with Gasteiger partial charge < -0.3 is 20.5 Å². The zero-order valence-electron chi connectivity index (χ0n) is 17.6. The number of hydrogen-bond donors (Lipinski definition) is 3. The van der Waals surface area contributed by atoms with Crippen molar-refractivity contribution in [1.82, 2.24) is 25.5 Å². The monoisotopic (exact) mass is 493 g/mol. The highest BCUT2D eigenvalue weighted by Crippen LogP contribution is 2.26. The van der Waals surface area contributed by atoms with Crippen LogP contribution in [-0.4, -0.2) is 52.4 Å². The number of benzene rings is 1. The number of nitrogens with one attached hydrogen (secondary N) is 3. The molecule has 2 aliphatic rings. The lowest BCUT2D eigenvalue weighted by Gasteiger charge is -2.21. The first kappa shape index (κ1) is 23.0. The lowest BCUT2D eigenvalue weighted by molar-refractivity contribution is 0.0889. The summed E-state index contributed by atoms with van der Waals surface area (Å²) in [6, 6.07) is 7.08. The van der Waals surface area contributed by atoms with E-state index in [2.05, 4.69) is 32.5 Å². The lowest BCUT2D eigenvalue weighted by Crippen LogP contribution is -2.48. The minimum Gasteiger partial charge on any atom is -0.351 e. The van der Waals surface area contributed by atoms with Crippen LogP contribution >= 0.6 is 35.3 Å². The molecule has 1 aromatic carbocycles. The molecule has 10 heteroatoms. The number of nitrogens with zero attached hydrogens (tertiary/aromatic N) is 2. The molecule has 0 bridgehead atoms. The molecule has 7 nitrogen and oxygen atoms in total. The fraction of sp³-hybridized carbons (Fsp3) is 0.409. The van der Waals surface area contributed by atoms with Gasteiger partial charge in [0, 0.05) is 52.4 Å². The molecule has 0 saturated heterocycles. The number of thiazole rings is 1. The van der Waals surface area contributed by atoms with Crippen LogP contribution in [0.4, 0.5) is 0 Å². The van der Waals surface area contributed by atoms with E-state index in [1.165, 1.54) is 16.2 Å². The summed E-state index contributed by atoms with van der Waals surface area (Å²) in [7, 11) is 2.08. The molecule has 3 N–H and O–H groups in total. The second-order valence-corrected chi connectivity index (χ2v) is 9.90. The summed E-state index contributed by atoms with van der Waals surface area (Å²) in [5.41, 5.74) is 2.40. The normalized spacial score (nSPS) is 20.6. The minimum absolute atomic E-state index is 0. The third-order valence-electron chi connectivity index (χ3n) is 6.09. The third-order valence-corrected chi connectivity index (χ3v) is 7.41. The molecule has 1 aliphatic heterocycles. The number of hydrogen-bond acceptors (Lipinski definition) is 5. The summed E-state index contributed by atoms with van der Waals surface area (Å²) < 4.78 is 0. The smallest absolute Gasteiger partial charge is 0.280 e. The van der Waals surface area contributed by atoms with E-state index in [0.717, 1.165) is 55.4 Å². The molecule has 0 spiro atoms. The number of fused-ring (bicyclic) bond motifs is 2. The van der Waals surface area contributed by atoms with Gasteiger partial charge >= 0.3 is 0 Å². The zero-order chi connectivity index (χ0) is 21.5. The molecule has 2 unspecified atom stereocenters. The van der Waals surface area contributed by atoms with Gasteiger partial charge in [0.2, 0.25) is 0 Å². The van der Waals surface area contributed by atoms with Crippen molar-refractivity contribution >= 4 is 58.1 Å². The summed E-state index contributed by atoms with van der Waals surface area (Å²) in [5, 5.41) is 8.25. The maximum atomic E-state index is 12.8. The molecular weight excluding hydrogens is 469 g/mol. The topological polar surface area (TPSA) is 90.1 Å². The van der Waals surface area contributed by atoms with Crippen molar-refractivity contribution in [2.24, 2.45) is 0 Å². The van der Waals surface area contributed by atoms with Crippen LogP contribution in [0.25, 0.3) is 10.9 Å². The van der Waals surface area contributed by atoms with Gasteiger partial charge in [0.15, 0.2) is 5.01 Å². The highest BCUT2D eigenvalue weighted by Gasteiger charge is 2.32. The van der Waals surface area contributed by atoms with Crippen molar-refractivity contribution in [3.05, 3.63) is 50.6 Å². The zero-order valence-corrected chi connectivity index (χ0v) is 20.0. The number of aromatic amines is 1. The maximum absolute atomic E-state index is 12.8. The fourth-order valence-electron chi connectivity index (χ4n) is 4.43. The van der Waals surface area contributed by atoms with Gasteiger partial charge in [-0.15, -0.1) is 23.7 Å². The molecule has 3 heterocycles. The predicted octanol–water partition coefficient (Wildman–Crippen LogP) is 3.77. The van der Waals surface area contributed by atoms with Crippen LogP contribution in [0.1, 0.15) is 50.1 Å². The Bertz CT molecular complexity index is 1160. The first-order valence-corrected chi connectivity index (χ1v) is 11.7. The van der Waals surface area contributed by atoms with Crippen LogP contribution < -0.4 is 10.6 Å². The second-order valence-electron chi connectivity index (χ2n) is 8.38. The minimum atomic E-state index is -0.175. The molecule has 2 amide bonds. The number of halogens is 2. The number of rotatable bonds is 4. The number of carbonyl (C=O) groups is 2. The molecule has 170 valence electrons. The number of carbonyl (C=O) groups excluding carboxylic acids is 2. The van der Waals surface area contributed by atoms with E-state index >= 15 is 0 Å². The summed E-state index contributed by atoms with van der Waals surface area (Å²) in [6.07, 6.45) is 3.51. The van der Waals surface area contributed by atoms with Crippen LogP contribution in [-0.2, 0) is 13.0 Å². The van der Waals surface area contributed by atoms with Crippen molar-refractivity contribution in [2.75, 3.05) is 13.6 Å². The van der Waals surface area contributed by atoms with Crippen LogP contribution in [0.2, 0.25) is 5.02 Å². The Labute approximate surface area is 201 Å². The molecule has 1 fully saturated rings. The SMILES string of the molecule is CN1CCc2nc(C(=O)NC3CCCC3NC(=O)c3cc4cc(Cl)ccc4[nH]3)sc2C1.Cl. The van der Waals surface area contributed by atoms with Gasteiger partial charge in [0.05, 0.1) is 5.69 Å². The average molecular weight is 494 g/mol. The molecule has 0 radical (unpaired) electrons. The highest BCUT2D eigenvalue weighted by atomic mass is 35.5. The number of aromatic nitrogens is 2. The molecule has 32 heavy (non-hydrogen) atoms. The van der Waals surface area contributed by atoms with E-state index in [4.69, 9.17) is 11.6 Å². The second kappa shape index (κ2) is 9.39. The predicted molar refractivity (Wildman–Crippen MR) is 129 cm³/mol. The van der Waals surface area contributed by atoms with E-state index in [0.29, 0.717) is 15.7 Å². The van der Waals surface area contributed by atoms with Crippen molar-refractivity contribution in [1.29, 1.82) is 0 Å². The Morgan fingerprint density at radius 3 is 2.72 bits per heavy atom. The van der Waals surface area contributed by atoms with Gasteiger partial charge in [0.1, 0.15) is 5.69 Å². The molecule has 1 saturated carbocycles. The first-order valence-electron chi connectivity index (χ1n) is 10.5. The van der Waals surface area contributed by atoms with Gasteiger partial charge in [-0.1, -0.05) is 11.6 Å². The van der Waals surface area contributed by atoms with Crippen LogP contribution in [0.15, 0.2) is 24.3 Å². The molecule has 2 atom stereocenters. The van der Waals surface area contributed by atoms with Crippen LogP contribution in [0.3, 0.4) is 0 Å². The van der Waals surface area contributed by atoms with Crippen LogP contribution in [0, 0.1) is 0 Å². The Hall–Kier alpha value is -2.13. The number of likely N-dealkylation sites (N-methyl/N-ethyl adjacent to an activating group) is 1. The van der Waals surface area contributed by atoms with Crippen molar-refractivity contribution in [3.8, 4) is 0 Å². The molecule has 5 rings (SSSR count). The van der Waals surface area contributed by atoms with Gasteiger partial charge in [-0.05, 0) is 50.6 Å². The Balaban J connectivity index is 0.00000245. The Morgan fingerprint density at radius 1 is 1.19 bits per heavy atom. The van der Waals surface area contributed by atoms with Crippen molar-refractivity contribution in [2.45, 2.75) is 44.3 Å². The fourth-order valence-corrected chi connectivity index (χ4v) is 5.70. The average Bonchev–Trinajstić information content (AvgIpc) is 3.45. The highest BCUT2D eigenvalue weighted by molar-refractivity contribution is 7.13. The summed E-state index contributed by atoms with van der Waals surface area (Å²) in [6.45, 7) is 1.81. The van der Waals surface area contributed by atoms with Gasteiger partial charge in [-0.3, -0.25) is 9.59 Å². The first-order chi connectivity index (χ1) is 15.0. The molecule has 3 aromatic rings. The maximum Gasteiger partial charge on any atom is 0.280 e. The van der Waals surface area contributed by atoms with E-state index in [1.807, 2.05) is 12.1 Å². The molecule has 2 aromatic heterocycles. The van der Waals surface area contributed by atoms with E-state index in [1.54, 1.807) is 12.1 Å². The van der Waals surface area contributed by atoms with Crippen molar-refractivity contribution < 1.29 is 9.59 Å². The van der Waals surface area contributed by atoms with Crippen LogP contribution in [0.5, 0.6) is 0 Å². The Morgan fingerprint density at radius 2 is 1.94 bits per heavy atom. The lowest BCUT2D eigenvalue weighted by atomic mass is 10.1. The summed E-state index contributed by atoms with van der Waals surface area (Å²) >= 11 is 7.52. The van der Waals surface area contributed by atoms with Gasteiger partial charge in [-0.2, -0.15) is 0 Å². The van der Waals surface area contributed by atoms with Crippen molar-refractivity contribution in [3.63, 3.8) is 0 Å². The van der Waals surface area contributed by atoms with E-state index < -0.39 is 0 Å². The van der Waals surface area contributed by atoms with Gasteiger partial charge in [0.25, 0.3) is 11.8 Å². The number of H-pyrrole nitrogens is 1. The quantitative estimate of drug-likeness (QED) is 0.515. The third kappa shape index (κ3) is 4.64. The van der Waals surface area contributed by atoms with Gasteiger partial charge in [-0.25, -0.2) is 4.98 Å². The summed E-state index contributed by atoms with van der Waals surface area (Å²) in [4.78, 5) is 36.8. The standard InChI is InChI=1S/C22H24ClN5O2S.ClH/c1-28-8-7-17-19(11-28)31-22(27-17)21(30)26-16-4-2-3-15(16)25-20(29)18-10-12-9-13(23)5-6-14(12)24-18;/h5-6,9-10,15-16,24H,2-4,7-8,11H2,1H3,(H,25,29)(H,26,30);1H. The summed E-state index contributed by atoms with van der Waals surface area (Å²) in [5.74, 6) is -0.320. The molecule has 1 aliphatic carbocycles. The number of amides is 2. The largest absolute Gasteiger partial charge is 0.351 e. The Kier molecular flexibility index (Phi) is 6.76.